The molecule has 2 fully saturated rings. The summed E-state index contributed by atoms with van der Waals surface area (Å²) in [4.78, 5) is 14.1. The topological polar surface area (TPSA) is 61.0 Å². The van der Waals surface area contributed by atoms with Gasteiger partial charge in [-0.15, -0.1) is 0 Å². The van der Waals surface area contributed by atoms with Crippen molar-refractivity contribution in [2.75, 3.05) is 13.1 Å². The molecule has 1 aromatic heterocycles. The lowest BCUT2D eigenvalue weighted by Gasteiger charge is -2.36. The summed E-state index contributed by atoms with van der Waals surface area (Å²) in [5.74, 6) is -0.568. The minimum atomic E-state index is -0.445. The molecule has 2 heterocycles. The summed E-state index contributed by atoms with van der Waals surface area (Å²) in [6.07, 6.45) is 6.45. The third-order valence-electron chi connectivity index (χ3n) is 6.65. The Balaban J connectivity index is 1.52. The Bertz CT molecular complexity index is 963. The zero-order valence-corrected chi connectivity index (χ0v) is 20.0. The highest BCUT2D eigenvalue weighted by molar-refractivity contribution is 7.97. The fraction of sp³-hybridized carbons (Fsp3) is 0.545. The molecule has 9 heteroatoms. The van der Waals surface area contributed by atoms with Crippen LogP contribution in [-0.4, -0.2) is 33.5 Å². The first-order chi connectivity index (χ1) is 14.8. The van der Waals surface area contributed by atoms with E-state index in [1.807, 2.05) is 6.92 Å². The van der Waals surface area contributed by atoms with Crippen molar-refractivity contribution in [3.05, 3.63) is 45.4 Å². The van der Waals surface area contributed by atoms with E-state index in [-0.39, 0.29) is 23.1 Å². The van der Waals surface area contributed by atoms with Crippen LogP contribution in [0, 0.1) is 24.1 Å². The molecule has 0 bridgehead atoms. The summed E-state index contributed by atoms with van der Waals surface area (Å²) < 4.78 is 17.1. The van der Waals surface area contributed by atoms with Gasteiger partial charge in [0.15, 0.2) is 0 Å². The van der Waals surface area contributed by atoms with Crippen LogP contribution in [0.4, 0.5) is 4.39 Å². The smallest absolute Gasteiger partial charge is 0.224 e. The zero-order valence-electron chi connectivity index (χ0n) is 17.7. The SMILES string of the molecule is Cc1ccc(F)c(C(NC(=O)[C@H]2CCN(Sc3cn[nH]c3Cl)C2)C2(C)CCCC2)c1Cl. The third kappa shape index (κ3) is 4.75. The number of hydrogen-bond donors (Lipinski definition) is 2. The number of H-pyrrole nitrogens is 1. The minimum absolute atomic E-state index is 0.0449. The van der Waals surface area contributed by atoms with Crippen LogP contribution in [0.15, 0.2) is 23.2 Å². The Labute approximate surface area is 196 Å². The van der Waals surface area contributed by atoms with E-state index >= 15 is 0 Å². The number of carbonyl (C=O) groups is 1. The lowest BCUT2D eigenvalue weighted by Crippen LogP contribution is -2.42. The van der Waals surface area contributed by atoms with Gasteiger partial charge in [-0.25, -0.2) is 8.70 Å². The highest BCUT2D eigenvalue weighted by Gasteiger charge is 2.42. The quantitative estimate of drug-likeness (QED) is 0.498. The molecule has 1 amide bonds. The monoisotopic (exact) mass is 484 g/mol. The predicted octanol–water partition coefficient (Wildman–Crippen LogP) is 5.93. The van der Waals surface area contributed by atoms with Gasteiger partial charge in [0.05, 0.1) is 28.1 Å². The Morgan fingerprint density at radius 3 is 2.81 bits per heavy atom. The van der Waals surface area contributed by atoms with Crippen LogP contribution >= 0.6 is 35.1 Å². The average molecular weight is 485 g/mol. The largest absolute Gasteiger partial charge is 0.348 e. The highest BCUT2D eigenvalue weighted by Crippen LogP contribution is 2.49. The van der Waals surface area contributed by atoms with E-state index in [4.69, 9.17) is 23.2 Å². The number of aromatic nitrogens is 2. The number of aryl methyl sites for hydroxylation is 1. The molecule has 4 rings (SSSR count). The second kappa shape index (κ2) is 9.30. The number of hydrogen-bond acceptors (Lipinski definition) is 4. The van der Waals surface area contributed by atoms with Crippen LogP contribution in [0.2, 0.25) is 10.2 Å². The molecule has 1 aliphatic carbocycles. The van der Waals surface area contributed by atoms with Gasteiger partial charge in [0.2, 0.25) is 5.91 Å². The average Bonchev–Trinajstić information content (AvgIpc) is 3.47. The molecule has 1 unspecified atom stereocenters. The highest BCUT2D eigenvalue weighted by atomic mass is 35.5. The molecule has 0 radical (unpaired) electrons. The van der Waals surface area contributed by atoms with Crippen LogP contribution in [-0.2, 0) is 4.79 Å². The molecule has 0 spiro atoms. The van der Waals surface area contributed by atoms with Gasteiger partial charge < -0.3 is 5.32 Å². The Hall–Kier alpha value is -1.28. The van der Waals surface area contributed by atoms with Crippen molar-refractivity contribution >= 4 is 41.1 Å². The molecule has 2 aliphatic rings. The lowest BCUT2D eigenvalue weighted by molar-refractivity contribution is -0.126. The maximum absolute atomic E-state index is 15.0. The van der Waals surface area contributed by atoms with Gasteiger partial charge in [-0.05, 0) is 55.2 Å². The van der Waals surface area contributed by atoms with Gasteiger partial charge in [-0.2, -0.15) is 5.10 Å². The first kappa shape index (κ1) is 22.9. The molecule has 2 aromatic rings. The Kier molecular flexibility index (Phi) is 6.87. The third-order valence-corrected chi connectivity index (χ3v) is 8.65. The molecular weight excluding hydrogens is 458 g/mol. The van der Waals surface area contributed by atoms with E-state index in [1.54, 1.807) is 12.3 Å². The first-order valence-electron chi connectivity index (χ1n) is 10.6. The molecule has 31 heavy (non-hydrogen) atoms. The molecule has 1 aromatic carbocycles. The summed E-state index contributed by atoms with van der Waals surface area (Å²) in [5, 5.41) is 10.8. The number of amides is 1. The Morgan fingerprint density at radius 2 is 2.13 bits per heavy atom. The van der Waals surface area contributed by atoms with Crippen LogP contribution in [0.5, 0.6) is 0 Å². The number of nitrogens with one attached hydrogen (secondary N) is 2. The van der Waals surface area contributed by atoms with E-state index in [0.29, 0.717) is 22.3 Å². The first-order valence-corrected chi connectivity index (χ1v) is 12.2. The molecule has 168 valence electrons. The van der Waals surface area contributed by atoms with Gasteiger partial charge in [0.25, 0.3) is 0 Å². The summed E-state index contributed by atoms with van der Waals surface area (Å²) in [7, 11) is 0. The van der Waals surface area contributed by atoms with E-state index in [2.05, 4.69) is 26.7 Å². The number of rotatable bonds is 6. The van der Waals surface area contributed by atoms with Gasteiger partial charge in [-0.1, -0.05) is 49.0 Å². The summed E-state index contributed by atoms with van der Waals surface area (Å²) in [6.45, 7) is 5.38. The van der Waals surface area contributed by atoms with Crippen LogP contribution in [0.25, 0.3) is 0 Å². The lowest BCUT2D eigenvalue weighted by atomic mass is 9.76. The van der Waals surface area contributed by atoms with Gasteiger partial charge in [0.1, 0.15) is 11.0 Å². The van der Waals surface area contributed by atoms with Crippen molar-refractivity contribution in [3.63, 3.8) is 0 Å². The maximum Gasteiger partial charge on any atom is 0.224 e. The predicted molar refractivity (Wildman–Crippen MR) is 123 cm³/mol. The molecule has 2 atom stereocenters. The second-order valence-electron chi connectivity index (χ2n) is 8.91. The van der Waals surface area contributed by atoms with Crippen molar-refractivity contribution in [1.29, 1.82) is 0 Å². The van der Waals surface area contributed by atoms with Crippen LogP contribution in [0.1, 0.15) is 56.2 Å². The van der Waals surface area contributed by atoms with Crippen LogP contribution in [0.3, 0.4) is 0 Å². The minimum Gasteiger partial charge on any atom is -0.348 e. The molecular formula is C22H27Cl2FN4OS. The molecule has 2 N–H and O–H groups in total. The van der Waals surface area contributed by atoms with Gasteiger partial charge in [0, 0.05) is 18.7 Å². The second-order valence-corrected chi connectivity index (χ2v) is 10.8. The van der Waals surface area contributed by atoms with Crippen molar-refractivity contribution in [2.45, 2.75) is 56.9 Å². The normalized spacial score (nSPS) is 22.0. The van der Waals surface area contributed by atoms with E-state index in [1.165, 1.54) is 18.0 Å². The van der Waals surface area contributed by atoms with Gasteiger partial charge >= 0.3 is 0 Å². The van der Waals surface area contributed by atoms with E-state index in [9.17, 15) is 9.18 Å². The fourth-order valence-corrected chi connectivity index (χ4v) is 6.17. The van der Waals surface area contributed by atoms with E-state index in [0.717, 1.165) is 49.1 Å². The number of halogens is 3. The number of aromatic amines is 1. The van der Waals surface area contributed by atoms with E-state index < -0.39 is 6.04 Å². The number of benzene rings is 1. The zero-order chi connectivity index (χ0) is 22.2. The Morgan fingerprint density at radius 1 is 1.39 bits per heavy atom. The van der Waals surface area contributed by atoms with Crippen molar-refractivity contribution in [3.8, 4) is 0 Å². The fourth-order valence-electron chi connectivity index (χ4n) is 4.76. The van der Waals surface area contributed by atoms with Crippen molar-refractivity contribution < 1.29 is 9.18 Å². The number of carbonyl (C=O) groups excluding carboxylic acids is 1. The standard InChI is InChI=1S/C22H27Cl2FN4OS/c1-13-5-6-15(25)17(18(13)23)19(22(2)8-3-4-9-22)27-21(30)14-7-10-29(12-14)31-16-11-26-28-20(16)24/h5-6,11,14,19H,3-4,7-10,12H2,1-2H3,(H,26,28)(H,27,30)/t14-,19?/m0/s1. The molecule has 1 saturated heterocycles. The van der Waals surface area contributed by atoms with Crippen molar-refractivity contribution in [1.82, 2.24) is 19.8 Å². The van der Waals surface area contributed by atoms with Crippen molar-refractivity contribution in [2.24, 2.45) is 11.3 Å². The molecule has 1 saturated carbocycles. The van der Waals surface area contributed by atoms with Gasteiger partial charge in [-0.3, -0.25) is 9.89 Å². The number of nitrogens with zero attached hydrogens (tertiary/aromatic N) is 2. The summed E-state index contributed by atoms with van der Waals surface area (Å²) in [5.41, 5.74) is 1.03. The summed E-state index contributed by atoms with van der Waals surface area (Å²) in [6, 6.07) is 2.70. The maximum atomic E-state index is 15.0. The molecule has 1 aliphatic heterocycles. The summed E-state index contributed by atoms with van der Waals surface area (Å²) >= 11 is 14.2. The van der Waals surface area contributed by atoms with Crippen LogP contribution < -0.4 is 5.32 Å². The molecule has 5 nitrogen and oxygen atoms in total.